The van der Waals surface area contributed by atoms with Gasteiger partial charge in [-0.05, 0) is 68.4 Å². The molecular formula is C27H39F3N4O2. The van der Waals surface area contributed by atoms with Gasteiger partial charge in [-0.25, -0.2) is 0 Å². The smallest absolute Gasteiger partial charge is 0.377 e. The van der Waals surface area contributed by atoms with Gasteiger partial charge in [0.1, 0.15) is 12.4 Å². The second-order valence-electron chi connectivity index (χ2n) is 12.0. The number of hydrogen-bond acceptors (Lipinski definition) is 5. The van der Waals surface area contributed by atoms with E-state index in [0.29, 0.717) is 18.0 Å². The van der Waals surface area contributed by atoms with Crippen LogP contribution in [0.1, 0.15) is 52.8 Å². The molecule has 200 valence electrons. The van der Waals surface area contributed by atoms with Crippen LogP contribution < -0.4 is 5.32 Å². The molecule has 1 amide bonds. The highest BCUT2D eigenvalue weighted by molar-refractivity contribution is 5.78. The van der Waals surface area contributed by atoms with E-state index < -0.39 is 11.7 Å². The van der Waals surface area contributed by atoms with Gasteiger partial charge in [-0.1, -0.05) is 6.58 Å². The molecule has 6 rings (SSSR count). The van der Waals surface area contributed by atoms with Gasteiger partial charge < -0.3 is 24.8 Å². The van der Waals surface area contributed by atoms with Crippen molar-refractivity contribution in [2.75, 3.05) is 39.8 Å². The Bertz CT molecular complexity index is 988. The fourth-order valence-electron chi connectivity index (χ4n) is 6.89. The van der Waals surface area contributed by atoms with Crippen LogP contribution in [0.4, 0.5) is 13.2 Å². The topological polar surface area (TPSA) is 48.1 Å². The second-order valence-corrected chi connectivity index (χ2v) is 12.0. The van der Waals surface area contributed by atoms with Gasteiger partial charge in [0, 0.05) is 52.3 Å². The average Bonchev–Trinajstić information content (AvgIpc) is 3.66. The summed E-state index contributed by atoms with van der Waals surface area (Å²) in [4.78, 5) is 18.7. The maximum Gasteiger partial charge on any atom is 0.416 e. The summed E-state index contributed by atoms with van der Waals surface area (Å²) < 4.78 is 46.2. The molecule has 3 saturated carbocycles. The van der Waals surface area contributed by atoms with Crippen LogP contribution in [0.15, 0.2) is 35.3 Å². The monoisotopic (exact) mass is 508 g/mol. The molecule has 3 aliphatic carbocycles. The van der Waals surface area contributed by atoms with Crippen molar-refractivity contribution >= 4 is 5.91 Å². The Morgan fingerprint density at radius 3 is 2.61 bits per heavy atom. The minimum absolute atomic E-state index is 0. The van der Waals surface area contributed by atoms with Gasteiger partial charge in [0.05, 0.1) is 17.7 Å². The maximum atomic E-state index is 13.5. The van der Waals surface area contributed by atoms with E-state index >= 15 is 0 Å². The predicted molar refractivity (Wildman–Crippen MR) is 132 cm³/mol. The molecule has 0 aromatic carbocycles. The van der Waals surface area contributed by atoms with Gasteiger partial charge in [-0.3, -0.25) is 4.79 Å². The number of fused-ring (bicyclic) bond motifs is 1. The van der Waals surface area contributed by atoms with Gasteiger partial charge in [-0.2, -0.15) is 13.2 Å². The quantitative estimate of drug-likeness (QED) is 0.527. The number of piperidine rings is 1. The molecular weight excluding hydrogens is 469 g/mol. The lowest BCUT2D eigenvalue weighted by Gasteiger charge is -2.62. The van der Waals surface area contributed by atoms with Crippen LogP contribution in [0.3, 0.4) is 0 Å². The van der Waals surface area contributed by atoms with Crippen molar-refractivity contribution in [1.82, 2.24) is 20.0 Å². The Morgan fingerprint density at radius 2 is 1.97 bits per heavy atom. The fraction of sp³-hybridized carbons (Fsp3) is 0.741. The molecule has 2 atom stereocenters. The van der Waals surface area contributed by atoms with Crippen molar-refractivity contribution in [3.8, 4) is 0 Å². The van der Waals surface area contributed by atoms with E-state index in [9.17, 15) is 18.0 Å². The van der Waals surface area contributed by atoms with Crippen LogP contribution in [0.25, 0.3) is 0 Å². The van der Waals surface area contributed by atoms with Crippen molar-refractivity contribution in [2.45, 2.75) is 75.7 Å². The number of ether oxygens (including phenoxy) is 1. The predicted octanol–water partition coefficient (Wildman–Crippen LogP) is 4.03. The Morgan fingerprint density at radius 1 is 1.25 bits per heavy atom. The first-order valence-corrected chi connectivity index (χ1v) is 13.4. The number of hydrogen-bond donors (Lipinski definition) is 1. The third-order valence-corrected chi connectivity index (χ3v) is 8.96. The molecule has 1 spiro atoms. The van der Waals surface area contributed by atoms with Crippen molar-refractivity contribution in [1.29, 1.82) is 0 Å². The Balaban J connectivity index is 0.00000280. The van der Waals surface area contributed by atoms with Crippen molar-refractivity contribution in [3.05, 3.63) is 35.3 Å². The number of allylic oxidation sites excluding steroid dienone is 3. The highest BCUT2D eigenvalue weighted by Gasteiger charge is 2.54. The van der Waals surface area contributed by atoms with E-state index in [1.54, 1.807) is 6.20 Å². The van der Waals surface area contributed by atoms with Crippen LogP contribution in [-0.2, 0) is 9.53 Å². The number of halogens is 3. The number of nitrogens with zero attached hydrogens (tertiary/aromatic N) is 3. The van der Waals surface area contributed by atoms with Gasteiger partial charge >= 0.3 is 6.18 Å². The number of alkyl halides is 3. The standard InChI is InChI=1S/C27H37F3N4O2.H2/c1-17(27(28,29)30)20(12-32(2)21-5-6-21)9-18-10-26(11-18)15-34(16-26)25(19-3-4-19)33-8-7-23-22(13-33)31-24(35)14-36-23;/h12,18,21-23H,1,3-11,13-16H2,2H3,(H,31,35);1H/b20-12-;/t22-,23+;/m1./s1. The van der Waals surface area contributed by atoms with Gasteiger partial charge in [0.15, 0.2) is 0 Å². The van der Waals surface area contributed by atoms with Crippen LogP contribution in [0.5, 0.6) is 0 Å². The van der Waals surface area contributed by atoms with Gasteiger partial charge in [0.2, 0.25) is 5.91 Å². The lowest BCUT2D eigenvalue weighted by Crippen LogP contribution is -2.65. The van der Waals surface area contributed by atoms with Crippen LogP contribution in [-0.4, -0.2) is 84.8 Å². The van der Waals surface area contributed by atoms with Crippen molar-refractivity contribution in [2.24, 2.45) is 11.3 Å². The molecule has 0 radical (unpaired) electrons. The SMILES string of the molecule is C=C(/C(=C\N(C)C1CC1)CC1CC2(C1)CN(C(=C1CC1)N1CC[C@@H]3OCC(=O)N[C@@H]3C1)C2)C(F)(F)F.[HH]. The third kappa shape index (κ3) is 4.75. The maximum absolute atomic E-state index is 13.5. The van der Waals surface area contributed by atoms with E-state index in [2.05, 4.69) is 21.7 Å². The first-order chi connectivity index (χ1) is 17.1. The summed E-state index contributed by atoms with van der Waals surface area (Å²) in [5.41, 5.74) is 1.40. The number of nitrogens with one attached hydrogen (secondary N) is 1. The van der Waals surface area contributed by atoms with Crippen LogP contribution >= 0.6 is 0 Å². The highest BCUT2D eigenvalue weighted by Crippen LogP contribution is 2.56. The summed E-state index contributed by atoms with van der Waals surface area (Å²) in [6.07, 6.45) is 5.14. The summed E-state index contributed by atoms with van der Waals surface area (Å²) in [7, 11) is 1.88. The average molecular weight is 509 g/mol. The Labute approximate surface area is 212 Å². The summed E-state index contributed by atoms with van der Waals surface area (Å²) in [5.74, 6) is 1.60. The van der Waals surface area contributed by atoms with E-state index in [4.69, 9.17) is 4.74 Å². The lowest BCUT2D eigenvalue weighted by molar-refractivity contribution is -0.141. The summed E-state index contributed by atoms with van der Waals surface area (Å²) >= 11 is 0. The largest absolute Gasteiger partial charge is 0.416 e. The minimum atomic E-state index is -4.38. The number of amides is 1. The fourth-order valence-corrected chi connectivity index (χ4v) is 6.89. The van der Waals surface area contributed by atoms with Crippen molar-refractivity contribution in [3.63, 3.8) is 0 Å². The summed E-state index contributed by atoms with van der Waals surface area (Å²) in [6.45, 7) is 7.26. The van der Waals surface area contributed by atoms with E-state index in [-0.39, 0.29) is 37.4 Å². The van der Waals surface area contributed by atoms with Crippen LogP contribution in [0, 0.1) is 11.3 Å². The third-order valence-electron chi connectivity index (χ3n) is 8.96. The zero-order valence-electron chi connectivity index (χ0n) is 21.1. The number of likely N-dealkylation sites (tertiary alicyclic amines) is 2. The molecule has 6 nitrogen and oxygen atoms in total. The molecule has 0 unspecified atom stereocenters. The number of rotatable bonds is 7. The number of carbonyl (C=O) groups excluding carboxylic acids is 1. The minimum Gasteiger partial charge on any atom is -0.377 e. The number of morpholine rings is 1. The zero-order chi connectivity index (χ0) is 25.2. The molecule has 0 bridgehead atoms. The molecule has 36 heavy (non-hydrogen) atoms. The van der Waals surface area contributed by atoms with Crippen molar-refractivity contribution < 1.29 is 24.1 Å². The van der Waals surface area contributed by atoms with Gasteiger partial charge in [0.25, 0.3) is 0 Å². The molecule has 6 fully saturated rings. The normalized spacial score (nSPS) is 29.8. The molecule has 3 aliphatic heterocycles. The summed E-state index contributed by atoms with van der Waals surface area (Å²) in [5, 5.41) is 3.10. The second kappa shape index (κ2) is 8.71. The number of carbonyl (C=O) groups is 1. The Kier molecular flexibility index (Phi) is 5.85. The van der Waals surface area contributed by atoms with E-state index in [1.807, 2.05) is 11.9 Å². The molecule has 0 aromatic rings. The first kappa shape index (κ1) is 24.2. The molecule has 1 N–H and O–H groups in total. The molecule has 9 heteroatoms. The first-order valence-electron chi connectivity index (χ1n) is 13.4. The summed E-state index contributed by atoms with van der Waals surface area (Å²) in [6, 6.07) is 0.416. The zero-order valence-corrected chi connectivity index (χ0v) is 21.1. The molecule has 0 aromatic heterocycles. The van der Waals surface area contributed by atoms with E-state index in [1.165, 1.54) is 11.4 Å². The van der Waals surface area contributed by atoms with Gasteiger partial charge in [-0.15, -0.1) is 0 Å². The highest BCUT2D eigenvalue weighted by atomic mass is 19.4. The van der Waals surface area contributed by atoms with E-state index in [0.717, 1.165) is 71.1 Å². The Hall–Kier alpha value is -2.16. The molecule has 3 heterocycles. The lowest BCUT2D eigenvalue weighted by atomic mass is 9.56. The van der Waals surface area contributed by atoms with Crippen LogP contribution in [0.2, 0.25) is 0 Å². The molecule has 6 aliphatic rings. The molecule has 3 saturated heterocycles.